The fraction of sp³-hybridized carbons (Fsp3) is 0.600. The summed E-state index contributed by atoms with van der Waals surface area (Å²) in [6, 6.07) is 0. The Balaban J connectivity index is 2.70. The number of carbonyl (C=O) groups excluding carboxylic acids is 1. The van der Waals surface area contributed by atoms with Crippen molar-refractivity contribution in [1.29, 1.82) is 0 Å². The summed E-state index contributed by atoms with van der Waals surface area (Å²) in [5.41, 5.74) is -1.66. The van der Waals surface area contributed by atoms with E-state index in [0.29, 0.717) is 30.7 Å². The zero-order valence-corrected chi connectivity index (χ0v) is 17.1. The van der Waals surface area contributed by atoms with Gasteiger partial charge in [0.15, 0.2) is 0 Å². The first-order valence-corrected chi connectivity index (χ1v) is 9.12. The molecule has 1 rings (SSSR count). The molecule has 0 radical (unpaired) electrons. The van der Waals surface area contributed by atoms with Crippen LogP contribution in [0.2, 0.25) is 0 Å². The van der Waals surface area contributed by atoms with Gasteiger partial charge in [0.2, 0.25) is 0 Å². The highest BCUT2D eigenvalue weighted by Gasteiger charge is 2.35. The summed E-state index contributed by atoms with van der Waals surface area (Å²) >= 11 is 0. The van der Waals surface area contributed by atoms with E-state index in [1.807, 2.05) is 0 Å². The molecule has 1 heterocycles. The van der Waals surface area contributed by atoms with Gasteiger partial charge in [-0.3, -0.25) is 4.90 Å². The molecule has 0 spiro atoms. The van der Waals surface area contributed by atoms with Crippen molar-refractivity contribution in [3.8, 4) is 0 Å². The van der Waals surface area contributed by atoms with Crippen LogP contribution in [-0.2, 0) is 4.74 Å². The van der Waals surface area contributed by atoms with E-state index in [2.05, 4.69) is 11.6 Å². The van der Waals surface area contributed by atoms with Crippen molar-refractivity contribution in [2.45, 2.75) is 58.2 Å². The van der Waals surface area contributed by atoms with Crippen LogP contribution in [0.4, 0.5) is 26.7 Å². The Hall–Kier alpha value is -2.03. The molecule has 0 aromatic rings. The van der Waals surface area contributed by atoms with Gasteiger partial charge < -0.3 is 4.74 Å². The van der Waals surface area contributed by atoms with E-state index in [0.717, 1.165) is 13.0 Å². The molecule has 9 heteroatoms. The fourth-order valence-corrected chi connectivity index (χ4v) is 2.52. The van der Waals surface area contributed by atoms with Gasteiger partial charge in [-0.2, -0.15) is 18.2 Å². The van der Waals surface area contributed by atoms with Crippen LogP contribution in [0, 0.1) is 0 Å². The first-order valence-electron chi connectivity index (χ1n) is 9.12. The number of nitrogens with zero attached hydrogens (tertiary/aromatic N) is 2. The van der Waals surface area contributed by atoms with Gasteiger partial charge in [-0.1, -0.05) is 18.7 Å². The Kier molecular flexibility index (Phi) is 8.32. The molecule has 1 aliphatic rings. The number of amides is 1. The third-order valence-corrected chi connectivity index (χ3v) is 4.14. The lowest BCUT2D eigenvalue weighted by atomic mass is 10.0. The predicted molar refractivity (Wildman–Crippen MR) is 102 cm³/mol. The van der Waals surface area contributed by atoms with Gasteiger partial charge in [-0.05, 0) is 52.2 Å². The highest BCUT2D eigenvalue weighted by atomic mass is 19.4. The lowest BCUT2D eigenvalue weighted by Crippen LogP contribution is -2.42. The maximum atomic E-state index is 14.4. The van der Waals surface area contributed by atoms with Crippen LogP contribution in [0.5, 0.6) is 0 Å². The lowest BCUT2D eigenvalue weighted by Gasteiger charge is -2.31. The van der Waals surface area contributed by atoms with Crippen LogP contribution in [-0.4, -0.2) is 54.0 Å². The molecular weight excluding hydrogens is 395 g/mol. The number of carbonyl (C=O) groups is 1. The van der Waals surface area contributed by atoms with Crippen LogP contribution in [0.1, 0.15) is 40.5 Å². The van der Waals surface area contributed by atoms with Gasteiger partial charge >= 0.3 is 12.3 Å². The van der Waals surface area contributed by atoms with E-state index in [1.54, 1.807) is 20.8 Å². The maximum absolute atomic E-state index is 14.4. The van der Waals surface area contributed by atoms with E-state index in [-0.39, 0.29) is 13.1 Å². The number of likely N-dealkylation sites (tertiary alicyclic amines) is 1. The molecular formula is C20H27F5N2O2. The number of aliphatic imine (C=N–C) groups is 1. The van der Waals surface area contributed by atoms with Crippen LogP contribution in [0.15, 0.2) is 40.9 Å². The summed E-state index contributed by atoms with van der Waals surface area (Å²) in [5, 5.41) is 0. The highest BCUT2D eigenvalue weighted by molar-refractivity contribution is 5.94. The van der Waals surface area contributed by atoms with E-state index >= 15 is 0 Å². The summed E-state index contributed by atoms with van der Waals surface area (Å²) in [4.78, 5) is 17.1. The van der Waals surface area contributed by atoms with Crippen LogP contribution < -0.4 is 0 Å². The number of allylic oxidation sites excluding steroid dienone is 4. The third kappa shape index (κ3) is 8.89. The average molecular weight is 422 g/mol. The minimum absolute atomic E-state index is 0.265. The van der Waals surface area contributed by atoms with E-state index in [9.17, 15) is 26.7 Å². The van der Waals surface area contributed by atoms with Crippen LogP contribution in [0.25, 0.3) is 0 Å². The number of hydrogen-bond acceptors (Lipinski definition) is 3. The van der Waals surface area contributed by atoms with Gasteiger partial charge in [0.1, 0.15) is 5.60 Å². The predicted octanol–water partition coefficient (Wildman–Crippen LogP) is 5.71. The number of piperidine rings is 1. The summed E-state index contributed by atoms with van der Waals surface area (Å²) in [7, 11) is 0. The van der Waals surface area contributed by atoms with E-state index in [4.69, 9.17) is 4.74 Å². The van der Waals surface area contributed by atoms with Crippen LogP contribution >= 0.6 is 0 Å². The summed E-state index contributed by atoms with van der Waals surface area (Å²) < 4.78 is 71.8. The van der Waals surface area contributed by atoms with Crippen molar-refractivity contribution in [2.24, 2.45) is 4.99 Å². The molecule has 1 fully saturated rings. The molecule has 1 aliphatic heterocycles. The zero-order chi connectivity index (χ0) is 22.5. The molecule has 0 aromatic carbocycles. The van der Waals surface area contributed by atoms with E-state index in [1.165, 1.54) is 4.90 Å². The van der Waals surface area contributed by atoms with Gasteiger partial charge in [0.25, 0.3) is 5.92 Å². The van der Waals surface area contributed by atoms with Crippen molar-refractivity contribution >= 4 is 11.8 Å². The average Bonchev–Trinajstić information content (AvgIpc) is 2.53. The molecule has 29 heavy (non-hydrogen) atoms. The minimum atomic E-state index is -4.65. The maximum Gasteiger partial charge on any atom is 0.434 e. The minimum Gasteiger partial charge on any atom is -0.442 e. The van der Waals surface area contributed by atoms with Gasteiger partial charge in [-0.25, -0.2) is 13.6 Å². The number of ether oxygens (including phenoxy) is 1. The Labute approximate surface area is 167 Å². The van der Waals surface area contributed by atoms with Crippen molar-refractivity contribution in [2.75, 3.05) is 19.6 Å². The first-order chi connectivity index (χ1) is 13.1. The third-order valence-electron chi connectivity index (χ3n) is 4.14. The first kappa shape index (κ1) is 25.0. The smallest absolute Gasteiger partial charge is 0.434 e. The quantitative estimate of drug-likeness (QED) is 0.421. The monoisotopic (exact) mass is 422 g/mol. The number of hydrogen-bond donors (Lipinski definition) is 0. The molecule has 4 nitrogen and oxygen atoms in total. The second-order valence-electron chi connectivity index (χ2n) is 7.81. The van der Waals surface area contributed by atoms with Crippen molar-refractivity contribution < 1.29 is 31.5 Å². The summed E-state index contributed by atoms with van der Waals surface area (Å²) in [5.74, 6) is -3.30. The molecule has 0 atom stereocenters. The SMILES string of the molecule is C=C/C(=C\C=C(/C)C(F)(F)CN1CCC(=NC(=O)OC(C)(C)C)CC1)C(F)(F)F. The standard InChI is InChI=1S/C20H27F5N2O2/c1-6-15(20(23,24)25)8-7-14(2)19(21,22)13-27-11-9-16(10-12-27)26-17(28)29-18(3,4)5/h6-8H,1,9-13H2,2-5H3/b14-7+,15-8+. The molecule has 0 bridgehead atoms. The number of rotatable bonds is 5. The van der Waals surface area contributed by atoms with Crippen molar-refractivity contribution in [3.63, 3.8) is 0 Å². The zero-order valence-electron chi connectivity index (χ0n) is 17.1. The normalized spacial score (nSPS) is 17.9. The molecule has 0 unspecified atom stereocenters. The molecule has 0 aliphatic carbocycles. The van der Waals surface area contributed by atoms with Crippen molar-refractivity contribution in [3.05, 3.63) is 36.0 Å². The molecule has 0 aromatic heterocycles. The van der Waals surface area contributed by atoms with Gasteiger partial charge in [0, 0.05) is 18.8 Å². The van der Waals surface area contributed by atoms with Gasteiger partial charge in [-0.15, -0.1) is 0 Å². The van der Waals surface area contributed by atoms with Crippen LogP contribution in [0.3, 0.4) is 0 Å². The Morgan fingerprint density at radius 1 is 1.14 bits per heavy atom. The van der Waals surface area contributed by atoms with Gasteiger partial charge in [0.05, 0.1) is 12.1 Å². The highest BCUT2D eigenvalue weighted by Crippen LogP contribution is 2.29. The molecule has 1 amide bonds. The Morgan fingerprint density at radius 2 is 1.69 bits per heavy atom. The molecule has 1 saturated heterocycles. The number of alkyl halides is 5. The van der Waals surface area contributed by atoms with Crippen molar-refractivity contribution in [1.82, 2.24) is 4.90 Å². The second kappa shape index (κ2) is 9.65. The topological polar surface area (TPSA) is 41.9 Å². The molecule has 0 saturated carbocycles. The Morgan fingerprint density at radius 3 is 2.14 bits per heavy atom. The summed E-state index contributed by atoms with van der Waals surface area (Å²) in [6.07, 6.45) is -2.73. The summed E-state index contributed by atoms with van der Waals surface area (Å²) in [6.45, 7) is 9.19. The lowest BCUT2D eigenvalue weighted by molar-refractivity contribution is -0.0881. The molecule has 0 N–H and O–H groups in total. The largest absolute Gasteiger partial charge is 0.442 e. The second-order valence-corrected chi connectivity index (χ2v) is 7.81. The fourth-order valence-electron chi connectivity index (χ4n) is 2.52. The van der Waals surface area contributed by atoms with E-state index < -0.39 is 41.5 Å². The number of halogens is 5. The molecule has 164 valence electrons. The Bertz CT molecular complexity index is 691.